The second kappa shape index (κ2) is 19.9. The van der Waals surface area contributed by atoms with Crippen LogP contribution in [0.5, 0.6) is 0 Å². The van der Waals surface area contributed by atoms with Crippen molar-refractivity contribution < 1.29 is 14.7 Å². The Kier molecular flexibility index (Phi) is 18.4. The molecule has 0 saturated heterocycles. The minimum Gasteiger partial charge on any atom is -0.480 e. The van der Waals surface area contributed by atoms with Crippen LogP contribution in [-0.2, 0) is 9.59 Å². The third-order valence-electron chi connectivity index (χ3n) is 4.27. The fourth-order valence-corrected chi connectivity index (χ4v) is 2.71. The number of nitrogens with one attached hydrogen (secondary N) is 1. The first-order chi connectivity index (χ1) is 14.5. The van der Waals surface area contributed by atoms with Crippen molar-refractivity contribution >= 4 is 11.9 Å². The van der Waals surface area contributed by atoms with E-state index in [1.807, 2.05) is 13.8 Å². The van der Waals surface area contributed by atoms with Crippen molar-refractivity contribution in [1.29, 1.82) is 0 Å². The lowest BCUT2D eigenvalue weighted by atomic mass is 10.0. The van der Waals surface area contributed by atoms with E-state index in [0.717, 1.165) is 44.9 Å². The molecule has 4 nitrogen and oxygen atoms in total. The highest BCUT2D eigenvalue weighted by molar-refractivity contribution is 5.83. The highest BCUT2D eigenvalue weighted by atomic mass is 16.4. The van der Waals surface area contributed by atoms with E-state index < -0.39 is 12.0 Å². The molecule has 0 aromatic rings. The number of hydrogen-bond acceptors (Lipinski definition) is 2. The van der Waals surface area contributed by atoms with E-state index in [1.165, 1.54) is 0 Å². The van der Waals surface area contributed by atoms with Crippen molar-refractivity contribution in [3.63, 3.8) is 0 Å². The highest BCUT2D eigenvalue weighted by Gasteiger charge is 2.20. The molecule has 0 aliphatic rings. The first-order valence-corrected chi connectivity index (χ1v) is 11.2. The summed E-state index contributed by atoms with van der Waals surface area (Å²) >= 11 is 0. The average Bonchev–Trinajstić information content (AvgIpc) is 2.69. The number of unbranched alkanes of at least 4 members (excludes halogenated alkanes) is 1. The van der Waals surface area contributed by atoms with Crippen LogP contribution >= 0.6 is 0 Å². The first kappa shape index (κ1) is 27.6. The summed E-state index contributed by atoms with van der Waals surface area (Å²) in [5.74, 6) is -0.919. The Balaban J connectivity index is 3.76. The minimum atomic E-state index is -0.963. The zero-order chi connectivity index (χ0) is 22.5. The van der Waals surface area contributed by atoms with E-state index in [-0.39, 0.29) is 11.8 Å². The van der Waals surface area contributed by atoms with Gasteiger partial charge in [-0.05, 0) is 57.3 Å². The van der Waals surface area contributed by atoms with Crippen LogP contribution in [0.25, 0.3) is 0 Å². The Hall–Kier alpha value is -2.36. The molecule has 0 spiro atoms. The molecule has 0 rings (SSSR count). The second-order valence-electron chi connectivity index (χ2n) is 7.69. The lowest BCUT2D eigenvalue weighted by Gasteiger charge is -2.16. The van der Waals surface area contributed by atoms with Crippen molar-refractivity contribution in [2.24, 2.45) is 5.92 Å². The van der Waals surface area contributed by atoms with Gasteiger partial charge < -0.3 is 10.4 Å². The Labute approximate surface area is 183 Å². The molecule has 30 heavy (non-hydrogen) atoms. The standard InChI is InChI=1S/C26H41NO3/c1-4-5-6-7-8-9-10-11-12-13-14-15-16-17-18-19-20-21-25(28)27-24(26(29)30)22-23(2)3/h5-6,8-9,11-12,14-15,17-18,23-24H,4,7,10,13,16,19-22H2,1-3H3,(H,27,28)(H,29,30)/b6-5+,9-8+,12-11+,15-14+,18-17+. The lowest BCUT2D eigenvalue weighted by Crippen LogP contribution is -2.41. The van der Waals surface area contributed by atoms with Crippen LogP contribution in [0, 0.1) is 5.92 Å². The summed E-state index contributed by atoms with van der Waals surface area (Å²) in [7, 11) is 0. The number of hydrogen-bond donors (Lipinski definition) is 2. The summed E-state index contributed by atoms with van der Waals surface area (Å²) in [6.07, 6.45) is 28.9. The second-order valence-corrected chi connectivity index (χ2v) is 7.69. The van der Waals surface area contributed by atoms with E-state index in [9.17, 15) is 9.59 Å². The van der Waals surface area contributed by atoms with E-state index in [0.29, 0.717) is 12.8 Å². The molecule has 0 aliphatic heterocycles. The van der Waals surface area contributed by atoms with Gasteiger partial charge >= 0.3 is 5.97 Å². The van der Waals surface area contributed by atoms with E-state index in [4.69, 9.17) is 5.11 Å². The topological polar surface area (TPSA) is 66.4 Å². The van der Waals surface area contributed by atoms with Gasteiger partial charge in [-0.1, -0.05) is 81.5 Å². The molecule has 1 atom stereocenters. The van der Waals surface area contributed by atoms with Gasteiger partial charge in [-0.15, -0.1) is 0 Å². The SMILES string of the molecule is CC/C=C/C/C=C/C/C=C/C/C=C/C/C=C/CCCC(=O)NC(CC(C)C)C(=O)O. The number of aliphatic carboxylic acids is 1. The quantitative estimate of drug-likeness (QED) is 0.210. The summed E-state index contributed by atoms with van der Waals surface area (Å²) < 4.78 is 0. The van der Waals surface area contributed by atoms with Gasteiger partial charge in [-0.3, -0.25) is 4.79 Å². The van der Waals surface area contributed by atoms with Gasteiger partial charge in [0.2, 0.25) is 5.91 Å². The number of allylic oxidation sites excluding steroid dienone is 10. The zero-order valence-corrected chi connectivity index (χ0v) is 19.1. The predicted molar refractivity (Wildman–Crippen MR) is 127 cm³/mol. The molecule has 0 heterocycles. The third-order valence-corrected chi connectivity index (χ3v) is 4.27. The van der Waals surface area contributed by atoms with Crippen LogP contribution in [0.3, 0.4) is 0 Å². The lowest BCUT2D eigenvalue weighted by molar-refractivity contribution is -0.142. The van der Waals surface area contributed by atoms with Crippen LogP contribution in [0.1, 0.15) is 78.6 Å². The normalized spacial score (nSPS) is 13.6. The van der Waals surface area contributed by atoms with Crippen LogP contribution in [0.2, 0.25) is 0 Å². The monoisotopic (exact) mass is 415 g/mol. The van der Waals surface area contributed by atoms with Gasteiger partial charge in [-0.25, -0.2) is 4.79 Å². The molecule has 0 aromatic carbocycles. The average molecular weight is 416 g/mol. The summed E-state index contributed by atoms with van der Waals surface area (Å²) in [4.78, 5) is 23.0. The molecular formula is C26H41NO3. The maximum atomic E-state index is 11.9. The van der Waals surface area contributed by atoms with Crippen LogP contribution < -0.4 is 5.32 Å². The Bertz CT molecular complexity index is 597. The summed E-state index contributed by atoms with van der Waals surface area (Å²) in [6.45, 7) is 6.04. The van der Waals surface area contributed by atoms with Gasteiger partial charge in [0, 0.05) is 6.42 Å². The number of carboxylic acids is 1. The number of rotatable bonds is 17. The molecule has 0 radical (unpaired) electrons. The summed E-state index contributed by atoms with van der Waals surface area (Å²) in [6, 6.07) is -0.786. The molecule has 0 saturated carbocycles. The molecular weight excluding hydrogens is 374 g/mol. The maximum absolute atomic E-state index is 11.9. The first-order valence-electron chi connectivity index (χ1n) is 11.2. The van der Waals surface area contributed by atoms with E-state index in [2.05, 4.69) is 73.0 Å². The van der Waals surface area contributed by atoms with Crippen LogP contribution in [0.4, 0.5) is 0 Å². The predicted octanol–water partition coefficient (Wildman–Crippen LogP) is 6.52. The largest absolute Gasteiger partial charge is 0.480 e. The van der Waals surface area contributed by atoms with Gasteiger partial charge in [0.05, 0.1) is 0 Å². The number of carbonyl (C=O) groups is 2. The molecule has 0 aliphatic carbocycles. The molecule has 1 unspecified atom stereocenters. The molecule has 0 fully saturated rings. The minimum absolute atomic E-state index is 0.185. The third kappa shape index (κ3) is 19.0. The summed E-state index contributed by atoms with van der Waals surface area (Å²) in [5.41, 5.74) is 0. The Morgan fingerprint density at radius 3 is 1.70 bits per heavy atom. The highest BCUT2D eigenvalue weighted by Crippen LogP contribution is 2.06. The van der Waals surface area contributed by atoms with Gasteiger partial charge in [0.15, 0.2) is 0 Å². The number of carbonyl (C=O) groups excluding carboxylic acids is 1. The molecule has 0 bridgehead atoms. The van der Waals surface area contributed by atoms with Crippen LogP contribution in [-0.4, -0.2) is 23.0 Å². The van der Waals surface area contributed by atoms with Crippen molar-refractivity contribution in [2.45, 2.75) is 84.6 Å². The molecule has 4 heteroatoms. The van der Waals surface area contributed by atoms with Gasteiger partial charge in [0.25, 0.3) is 0 Å². The number of amides is 1. The zero-order valence-electron chi connectivity index (χ0n) is 19.1. The molecule has 0 aromatic heterocycles. The summed E-state index contributed by atoms with van der Waals surface area (Å²) in [5, 5.41) is 11.8. The maximum Gasteiger partial charge on any atom is 0.326 e. The number of carboxylic acid groups (broad SMARTS) is 1. The van der Waals surface area contributed by atoms with Gasteiger partial charge in [0.1, 0.15) is 6.04 Å². The van der Waals surface area contributed by atoms with Gasteiger partial charge in [-0.2, -0.15) is 0 Å². The van der Waals surface area contributed by atoms with Crippen molar-refractivity contribution in [3.8, 4) is 0 Å². The Morgan fingerprint density at radius 2 is 1.27 bits per heavy atom. The molecule has 1 amide bonds. The van der Waals surface area contributed by atoms with Crippen molar-refractivity contribution in [1.82, 2.24) is 5.32 Å². The smallest absolute Gasteiger partial charge is 0.326 e. The molecule has 168 valence electrons. The fraction of sp³-hybridized carbons (Fsp3) is 0.538. The Morgan fingerprint density at radius 1 is 0.800 bits per heavy atom. The van der Waals surface area contributed by atoms with Crippen molar-refractivity contribution in [3.05, 3.63) is 60.8 Å². The molecule has 2 N–H and O–H groups in total. The fourth-order valence-electron chi connectivity index (χ4n) is 2.71. The van der Waals surface area contributed by atoms with Crippen molar-refractivity contribution in [2.75, 3.05) is 0 Å². The van der Waals surface area contributed by atoms with E-state index >= 15 is 0 Å². The van der Waals surface area contributed by atoms with E-state index in [1.54, 1.807) is 0 Å². The van der Waals surface area contributed by atoms with Crippen LogP contribution in [0.15, 0.2) is 60.8 Å².